The molecule has 20 heavy (non-hydrogen) atoms. The fourth-order valence-electron chi connectivity index (χ4n) is 2.04. The van der Waals surface area contributed by atoms with E-state index in [1.54, 1.807) is 7.11 Å². The summed E-state index contributed by atoms with van der Waals surface area (Å²) in [6.07, 6.45) is 1.23. The van der Waals surface area contributed by atoms with Crippen LogP contribution in [0.4, 0.5) is 15.9 Å². The third kappa shape index (κ3) is 3.05. The summed E-state index contributed by atoms with van der Waals surface area (Å²) in [5, 5.41) is 3.02. The summed E-state index contributed by atoms with van der Waals surface area (Å²) in [5.74, 6) is 1.15. The van der Waals surface area contributed by atoms with Crippen molar-refractivity contribution >= 4 is 11.5 Å². The maximum atomic E-state index is 13.3. The van der Waals surface area contributed by atoms with E-state index >= 15 is 0 Å². The summed E-state index contributed by atoms with van der Waals surface area (Å²) in [4.78, 5) is 6.11. The van der Waals surface area contributed by atoms with Gasteiger partial charge in [0.1, 0.15) is 17.4 Å². The normalized spacial score (nSPS) is 10.4. The molecule has 1 N–H and O–H groups in total. The molecule has 0 amide bonds. The van der Waals surface area contributed by atoms with E-state index in [1.807, 2.05) is 43.3 Å². The average molecular weight is 275 g/mol. The van der Waals surface area contributed by atoms with E-state index < -0.39 is 0 Å². The number of nitrogens with one attached hydrogen (secondary N) is 1. The average Bonchev–Trinajstić information content (AvgIpc) is 2.47. The molecule has 0 atom stereocenters. The van der Waals surface area contributed by atoms with Gasteiger partial charge in [0.15, 0.2) is 0 Å². The number of pyridine rings is 1. The minimum absolute atomic E-state index is 0.335. The van der Waals surface area contributed by atoms with Gasteiger partial charge in [0.05, 0.1) is 13.3 Å². The van der Waals surface area contributed by atoms with Gasteiger partial charge in [-0.25, -0.2) is 9.37 Å². The predicted molar refractivity (Wildman–Crippen MR) is 78.0 cm³/mol. The zero-order valence-electron chi connectivity index (χ0n) is 11.9. The second-order valence-electron chi connectivity index (χ2n) is 4.43. The highest BCUT2D eigenvalue weighted by molar-refractivity contribution is 5.63. The van der Waals surface area contributed by atoms with Gasteiger partial charge in [0.2, 0.25) is 0 Å². The summed E-state index contributed by atoms with van der Waals surface area (Å²) < 4.78 is 18.5. The first-order valence-corrected chi connectivity index (χ1v) is 6.32. The summed E-state index contributed by atoms with van der Waals surface area (Å²) in [6.45, 7) is 0.550. The SMILES string of the molecule is CNCc1cc(F)cnc1N(C)c1cccc(OC)c1. The van der Waals surface area contributed by atoms with Crippen LogP contribution >= 0.6 is 0 Å². The Bertz CT molecular complexity index is 589. The number of rotatable bonds is 5. The van der Waals surface area contributed by atoms with E-state index in [1.165, 1.54) is 12.3 Å². The molecule has 0 spiro atoms. The van der Waals surface area contributed by atoms with E-state index in [9.17, 15) is 4.39 Å². The van der Waals surface area contributed by atoms with Crippen molar-refractivity contribution in [2.24, 2.45) is 0 Å². The Hall–Kier alpha value is -2.14. The predicted octanol–water partition coefficient (Wildman–Crippen LogP) is 2.72. The Kier molecular flexibility index (Phi) is 4.53. The first-order chi connectivity index (χ1) is 9.65. The van der Waals surface area contributed by atoms with Crippen LogP contribution in [0.5, 0.6) is 5.75 Å². The molecule has 0 saturated heterocycles. The first kappa shape index (κ1) is 14.3. The van der Waals surface area contributed by atoms with Gasteiger partial charge in [-0.15, -0.1) is 0 Å². The molecule has 5 heteroatoms. The number of methoxy groups -OCH3 is 1. The van der Waals surface area contributed by atoms with Crippen LogP contribution in [0.1, 0.15) is 5.56 Å². The zero-order valence-corrected chi connectivity index (χ0v) is 11.9. The molecule has 0 unspecified atom stereocenters. The highest BCUT2D eigenvalue weighted by Crippen LogP contribution is 2.28. The maximum Gasteiger partial charge on any atom is 0.141 e. The molecule has 2 rings (SSSR count). The number of halogens is 1. The van der Waals surface area contributed by atoms with Crippen molar-refractivity contribution in [3.8, 4) is 5.75 Å². The van der Waals surface area contributed by atoms with Crippen molar-refractivity contribution in [3.05, 3.63) is 47.9 Å². The minimum atomic E-state index is -0.335. The van der Waals surface area contributed by atoms with Crippen LogP contribution in [0.3, 0.4) is 0 Å². The van der Waals surface area contributed by atoms with Gasteiger partial charge in [-0.1, -0.05) is 6.07 Å². The molecule has 0 aliphatic carbocycles. The molecule has 0 bridgehead atoms. The van der Waals surface area contributed by atoms with Crippen LogP contribution in [-0.4, -0.2) is 26.2 Å². The lowest BCUT2D eigenvalue weighted by Gasteiger charge is -2.21. The molecular formula is C15H18FN3O. The number of benzene rings is 1. The summed E-state index contributed by atoms with van der Waals surface area (Å²) in [6, 6.07) is 9.15. The smallest absolute Gasteiger partial charge is 0.141 e. The highest BCUT2D eigenvalue weighted by atomic mass is 19.1. The van der Waals surface area contributed by atoms with Crippen molar-refractivity contribution < 1.29 is 9.13 Å². The Labute approximate surface area is 118 Å². The van der Waals surface area contributed by atoms with Crippen LogP contribution in [0.2, 0.25) is 0 Å². The van der Waals surface area contributed by atoms with Crippen LogP contribution in [0.15, 0.2) is 36.5 Å². The maximum absolute atomic E-state index is 13.3. The lowest BCUT2D eigenvalue weighted by molar-refractivity contribution is 0.415. The van der Waals surface area contributed by atoms with Crippen LogP contribution < -0.4 is 15.0 Å². The fourth-order valence-corrected chi connectivity index (χ4v) is 2.04. The highest BCUT2D eigenvalue weighted by Gasteiger charge is 2.12. The Morgan fingerprint density at radius 3 is 2.85 bits per heavy atom. The standard InChI is InChI=1S/C15H18FN3O/c1-17-9-11-7-12(16)10-18-15(11)19(2)13-5-4-6-14(8-13)20-3/h4-8,10,17H,9H2,1-3H3. The van der Waals surface area contributed by atoms with E-state index in [0.29, 0.717) is 12.4 Å². The van der Waals surface area contributed by atoms with Gasteiger partial charge in [-0.05, 0) is 25.2 Å². The zero-order chi connectivity index (χ0) is 14.5. The van der Waals surface area contributed by atoms with E-state index in [2.05, 4.69) is 10.3 Å². The number of anilines is 2. The molecule has 0 radical (unpaired) electrons. The second-order valence-corrected chi connectivity index (χ2v) is 4.43. The molecule has 2 aromatic rings. The molecule has 1 heterocycles. The molecule has 1 aromatic heterocycles. The van der Waals surface area contributed by atoms with Crippen molar-refractivity contribution in [1.82, 2.24) is 10.3 Å². The summed E-state index contributed by atoms with van der Waals surface area (Å²) in [7, 11) is 5.34. The molecule has 0 aliphatic rings. The third-order valence-electron chi connectivity index (χ3n) is 3.04. The largest absolute Gasteiger partial charge is 0.497 e. The minimum Gasteiger partial charge on any atom is -0.497 e. The number of ether oxygens (including phenoxy) is 1. The molecule has 106 valence electrons. The Morgan fingerprint density at radius 2 is 2.15 bits per heavy atom. The van der Waals surface area contributed by atoms with E-state index in [-0.39, 0.29) is 5.82 Å². The summed E-state index contributed by atoms with van der Waals surface area (Å²) in [5.41, 5.74) is 1.73. The third-order valence-corrected chi connectivity index (χ3v) is 3.04. The molecule has 0 fully saturated rings. The molecule has 0 aliphatic heterocycles. The molecule has 1 aromatic carbocycles. The van der Waals surface area contributed by atoms with Gasteiger partial charge in [0, 0.05) is 30.9 Å². The number of hydrogen-bond acceptors (Lipinski definition) is 4. The fraction of sp³-hybridized carbons (Fsp3) is 0.267. The van der Waals surface area contributed by atoms with Gasteiger partial charge in [-0.3, -0.25) is 0 Å². The summed E-state index contributed by atoms with van der Waals surface area (Å²) >= 11 is 0. The van der Waals surface area contributed by atoms with Crippen molar-refractivity contribution in [1.29, 1.82) is 0 Å². The number of nitrogens with zero attached hydrogens (tertiary/aromatic N) is 2. The van der Waals surface area contributed by atoms with E-state index in [4.69, 9.17) is 4.74 Å². The Morgan fingerprint density at radius 1 is 1.35 bits per heavy atom. The number of hydrogen-bond donors (Lipinski definition) is 1. The van der Waals surface area contributed by atoms with Gasteiger partial charge in [-0.2, -0.15) is 0 Å². The molecule has 0 saturated carbocycles. The molecule has 4 nitrogen and oxygen atoms in total. The topological polar surface area (TPSA) is 37.4 Å². The van der Waals surface area contributed by atoms with Gasteiger partial charge < -0.3 is 15.0 Å². The van der Waals surface area contributed by atoms with E-state index in [0.717, 1.165) is 17.0 Å². The van der Waals surface area contributed by atoms with Gasteiger partial charge >= 0.3 is 0 Å². The van der Waals surface area contributed by atoms with Crippen LogP contribution in [-0.2, 0) is 6.54 Å². The number of aromatic nitrogens is 1. The van der Waals surface area contributed by atoms with Crippen LogP contribution in [0.25, 0.3) is 0 Å². The van der Waals surface area contributed by atoms with Crippen molar-refractivity contribution in [2.75, 3.05) is 26.1 Å². The Balaban J connectivity index is 2.38. The quantitative estimate of drug-likeness (QED) is 0.910. The lowest BCUT2D eigenvalue weighted by atomic mass is 10.2. The molecular weight excluding hydrogens is 257 g/mol. The van der Waals surface area contributed by atoms with Crippen molar-refractivity contribution in [3.63, 3.8) is 0 Å². The monoisotopic (exact) mass is 275 g/mol. The van der Waals surface area contributed by atoms with Crippen LogP contribution in [0, 0.1) is 5.82 Å². The second kappa shape index (κ2) is 6.34. The van der Waals surface area contributed by atoms with Crippen molar-refractivity contribution in [2.45, 2.75) is 6.54 Å². The first-order valence-electron chi connectivity index (χ1n) is 6.32. The van der Waals surface area contributed by atoms with Gasteiger partial charge in [0.25, 0.3) is 0 Å². The lowest BCUT2D eigenvalue weighted by Crippen LogP contribution is -2.16.